The average molecular weight is 279 g/mol. The van der Waals surface area contributed by atoms with Crippen LogP contribution in [0.4, 0.5) is 4.39 Å². The number of aryl methyl sites for hydroxylation is 2. The van der Waals surface area contributed by atoms with E-state index >= 15 is 0 Å². The highest BCUT2D eigenvalue weighted by molar-refractivity contribution is 6.31. The van der Waals surface area contributed by atoms with Gasteiger partial charge in [0.15, 0.2) is 0 Å². The third-order valence-corrected chi connectivity index (χ3v) is 3.57. The Morgan fingerprint density at radius 2 is 1.89 bits per heavy atom. The van der Waals surface area contributed by atoms with E-state index in [0.29, 0.717) is 10.6 Å². The van der Waals surface area contributed by atoms with Crippen molar-refractivity contribution in [2.45, 2.75) is 19.9 Å². The van der Waals surface area contributed by atoms with E-state index in [1.165, 1.54) is 6.07 Å². The molecule has 0 saturated heterocycles. The maximum absolute atomic E-state index is 13.9. The molecular formula is C15H16ClFN2. The van der Waals surface area contributed by atoms with Gasteiger partial charge >= 0.3 is 0 Å². The molecule has 0 heterocycles. The monoisotopic (exact) mass is 278 g/mol. The first-order valence-electron chi connectivity index (χ1n) is 6.01. The molecule has 0 fully saturated rings. The number of hydrazine groups is 1. The number of nitrogens with two attached hydrogens (primary N) is 1. The Morgan fingerprint density at radius 1 is 1.16 bits per heavy atom. The highest BCUT2D eigenvalue weighted by Gasteiger charge is 2.17. The largest absolute Gasteiger partial charge is 0.271 e. The molecule has 0 radical (unpaired) electrons. The molecule has 1 unspecified atom stereocenters. The second kappa shape index (κ2) is 5.70. The first kappa shape index (κ1) is 14.0. The van der Waals surface area contributed by atoms with Gasteiger partial charge in [0.2, 0.25) is 0 Å². The summed E-state index contributed by atoms with van der Waals surface area (Å²) >= 11 is 6.11. The van der Waals surface area contributed by atoms with Gasteiger partial charge in [-0.05, 0) is 37.1 Å². The van der Waals surface area contributed by atoms with E-state index < -0.39 is 6.04 Å². The van der Waals surface area contributed by atoms with E-state index in [4.69, 9.17) is 17.4 Å². The predicted octanol–water partition coefficient (Wildman–Crippen LogP) is 3.65. The zero-order chi connectivity index (χ0) is 14.0. The first-order valence-corrected chi connectivity index (χ1v) is 6.39. The molecule has 0 saturated carbocycles. The molecule has 0 aliphatic carbocycles. The third kappa shape index (κ3) is 2.95. The summed E-state index contributed by atoms with van der Waals surface area (Å²) in [5, 5.41) is 0.644. The fourth-order valence-corrected chi connectivity index (χ4v) is 2.23. The van der Waals surface area contributed by atoms with Crippen molar-refractivity contribution in [3.63, 3.8) is 0 Å². The first-order chi connectivity index (χ1) is 9.02. The van der Waals surface area contributed by atoms with Crippen molar-refractivity contribution in [3.05, 3.63) is 69.5 Å². The number of hydrogen-bond donors (Lipinski definition) is 2. The van der Waals surface area contributed by atoms with E-state index in [-0.39, 0.29) is 5.82 Å². The van der Waals surface area contributed by atoms with Crippen LogP contribution in [0.25, 0.3) is 0 Å². The second-order valence-corrected chi connectivity index (χ2v) is 5.04. The maximum Gasteiger partial charge on any atom is 0.128 e. The van der Waals surface area contributed by atoms with E-state index in [2.05, 4.69) is 5.43 Å². The van der Waals surface area contributed by atoms with Gasteiger partial charge in [0, 0.05) is 10.6 Å². The minimum absolute atomic E-state index is 0.287. The second-order valence-electron chi connectivity index (χ2n) is 4.63. The van der Waals surface area contributed by atoms with E-state index in [0.717, 1.165) is 16.7 Å². The summed E-state index contributed by atoms with van der Waals surface area (Å²) in [6.07, 6.45) is 0. The average Bonchev–Trinajstić information content (AvgIpc) is 2.38. The lowest BCUT2D eigenvalue weighted by Gasteiger charge is -2.19. The van der Waals surface area contributed by atoms with Gasteiger partial charge in [0.25, 0.3) is 0 Å². The molecule has 0 aromatic heterocycles. The van der Waals surface area contributed by atoms with Crippen LogP contribution in [0.3, 0.4) is 0 Å². The summed E-state index contributed by atoms with van der Waals surface area (Å²) in [7, 11) is 0. The van der Waals surface area contributed by atoms with Crippen LogP contribution in [0.2, 0.25) is 5.02 Å². The number of hydrogen-bond acceptors (Lipinski definition) is 2. The third-order valence-electron chi connectivity index (χ3n) is 3.16. The summed E-state index contributed by atoms with van der Waals surface area (Å²) in [6, 6.07) is 10.2. The Hall–Kier alpha value is -1.42. The standard InChI is InChI=1S/C15H16ClFN2/c1-9-3-6-14(17)12(7-9)15(19-18)11-5-4-10(2)13(16)8-11/h3-8,15,19H,18H2,1-2H3. The van der Waals surface area contributed by atoms with Crippen molar-refractivity contribution in [2.24, 2.45) is 5.84 Å². The summed E-state index contributed by atoms with van der Waals surface area (Å²) in [6.45, 7) is 3.84. The maximum atomic E-state index is 13.9. The van der Waals surface area contributed by atoms with Crippen molar-refractivity contribution >= 4 is 11.6 Å². The number of halogens is 2. The molecule has 3 N–H and O–H groups in total. The van der Waals surface area contributed by atoms with Crippen molar-refractivity contribution in [1.82, 2.24) is 5.43 Å². The molecule has 0 aliphatic rings. The van der Waals surface area contributed by atoms with Gasteiger partial charge in [0.1, 0.15) is 5.82 Å². The topological polar surface area (TPSA) is 38.0 Å². The summed E-state index contributed by atoms with van der Waals surface area (Å²) in [5.74, 6) is 5.30. The fraction of sp³-hybridized carbons (Fsp3) is 0.200. The van der Waals surface area contributed by atoms with Crippen LogP contribution < -0.4 is 11.3 Å². The predicted molar refractivity (Wildman–Crippen MR) is 76.5 cm³/mol. The molecule has 2 aromatic carbocycles. The lowest BCUT2D eigenvalue weighted by atomic mass is 9.96. The minimum atomic E-state index is -0.419. The molecule has 4 heteroatoms. The minimum Gasteiger partial charge on any atom is -0.271 e. The van der Waals surface area contributed by atoms with Gasteiger partial charge in [-0.1, -0.05) is 41.4 Å². The van der Waals surface area contributed by atoms with Gasteiger partial charge in [-0.25, -0.2) is 9.82 Å². The van der Waals surface area contributed by atoms with E-state index in [1.54, 1.807) is 12.1 Å². The lowest BCUT2D eigenvalue weighted by Crippen LogP contribution is -2.29. The van der Waals surface area contributed by atoms with Crippen molar-refractivity contribution in [3.8, 4) is 0 Å². The van der Waals surface area contributed by atoms with Gasteiger partial charge in [0.05, 0.1) is 6.04 Å². The fourth-order valence-electron chi connectivity index (χ4n) is 2.04. The van der Waals surface area contributed by atoms with Crippen LogP contribution in [0.1, 0.15) is 28.3 Å². The molecule has 2 aromatic rings. The van der Waals surface area contributed by atoms with E-state index in [9.17, 15) is 4.39 Å². The molecule has 2 rings (SSSR count). The number of benzene rings is 2. The molecule has 2 nitrogen and oxygen atoms in total. The summed E-state index contributed by atoms with van der Waals surface area (Å²) in [5.41, 5.74) is 5.96. The normalized spacial score (nSPS) is 12.5. The Labute approximate surface area is 117 Å². The molecule has 0 spiro atoms. The van der Waals surface area contributed by atoms with Crippen molar-refractivity contribution in [1.29, 1.82) is 0 Å². The molecule has 0 aliphatic heterocycles. The van der Waals surface area contributed by atoms with Gasteiger partial charge in [-0.2, -0.15) is 0 Å². The van der Waals surface area contributed by atoms with Crippen LogP contribution >= 0.6 is 11.6 Å². The van der Waals surface area contributed by atoms with Crippen LogP contribution in [0.5, 0.6) is 0 Å². The van der Waals surface area contributed by atoms with Crippen molar-refractivity contribution in [2.75, 3.05) is 0 Å². The highest BCUT2D eigenvalue weighted by Crippen LogP contribution is 2.27. The molecular weight excluding hydrogens is 263 g/mol. The Balaban J connectivity index is 2.49. The zero-order valence-electron chi connectivity index (χ0n) is 10.9. The van der Waals surface area contributed by atoms with Gasteiger partial charge in [-0.3, -0.25) is 5.84 Å². The molecule has 0 bridgehead atoms. The Kier molecular flexibility index (Phi) is 4.20. The molecule has 19 heavy (non-hydrogen) atoms. The van der Waals surface area contributed by atoms with Gasteiger partial charge in [-0.15, -0.1) is 0 Å². The van der Waals surface area contributed by atoms with E-state index in [1.807, 2.05) is 32.0 Å². The highest BCUT2D eigenvalue weighted by atomic mass is 35.5. The van der Waals surface area contributed by atoms with Crippen LogP contribution in [-0.4, -0.2) is 0 Å². The Morgan fingerprint density at radius 3 is 2.53 bits per heavy atom. The molecule has 0 amide bonds. The van der Waals surface area contributed by atoms with Crippen LogP contribution in [0.15, 0.2) is 36.4 Å². The van der Waals surface area contributed by atoms with Crippen molar-refractivity contribution < 1.29 is 4.39 Å². The smallest absolute Gasteiger partial charge is 0.128 e. The van der Waals surface area contributed by atoms with Crippen LogP contribution in [0, 0.1) is 19.7 Å². The lowest BCUT2D eigenvalue weighted by molar-refractivity contribution is 0.559. The summed E-state index contributed by atoms with van der Waals surface area (Å²) < 4.78 is 13.9. The molecule has 100 valence electrons. The Bertz CT molecular complexity index is 599. The number of nitrogens with one attached hydrogen (secondary N) is 1. The zero-order valence-corrected chi connectivity index (χ0v) is 11.6. The summed E-state index contributed by atoms with van der Waals surface area (Å²) in [4.78, 5) is 0. The van der Waals surface area contributed by atoms with Crippen LogP contribution in [-0.2, 0) is 0 Å². The van der Waals surface area contributed by atoms with Gasteiger partial charge < -0.3 is 0 Å². The quantitative estimate of drug-likeness (QED) is 0.664. The molecule has 1 atom stereocenters. The number of rotatable bonds is 3. The SMILES string of the molecule is Cc1ccc(F)c(C(NN)c2ccc(C)c(Cl)c2)c1.